The summed E-state index contributed by atoms with van der Waals surface area (Å²) in [7, 11) is -3.72. The molecule has 2 rings (SSSR count). The lowest BCUT2D eigenvalue weighted by Crippen LogP contribution is -2.26. The topological polar surface area (TPSA) is 113 Å². The SMILES string of the molecule is CC(NC(=O)CCc1ccc(C#N)cc1)c1ccc(S(N)(=O)=O)cc1. The number of sulfonamides is 1. The van der Waals surface area contributed by atoms with Crippen LogP contribution in [0.4, 0.5) is 0 Å². The van der Waals surface area contributed by atoms with Crippen LogP contribution in [0.25, 0.3) is 0 Å². The van der Waals surface area contributed by atoms with Crippen molar-refractivity contribution in [3.05, 3.63) is 65.2 Å². The number of nitrogens with two attached hydrogens (primary N) is 1. The van der Waals surface area contributed by atoms with Crippen molar-refractivity contribution in [3.8, 4) is 6.07 Å². The fourth-order valence-corrected chi connectivity index (χ4v) is 2.86. The Morgan fingerprint density at radius 2 is 1.76 bits per heavy atom. The Labute approximate surface area is 147 Å². The van der Waals surface area contributed by atoms with Crippen LogP contribution < -0.4 is 10.5 Å². The number of hydrogen-bond acceptors (Lipinski definition) is 4. The van der Waals surface area contributed by atoms with Crippen LogP contribution in [0.5, 0.6) is 0 Å². The second-order valence-corrected chi connectivity index (χ2v) is 7.27. The number of nitrogens with one attached hydrogen (secondary N) is 1. The molecule has 0 heterocycles. The molecule has 0 aliphatic carbocycles. The van der Waals surface area contributed by atoms with E-state index >= 15 is 0 Å². The zero-order valence-corrected chi connectivity index (χ0v) is 14.6. The van der Waals surface area contributed by atoms with Gasteiger partial charge in [0.2, 0.25) is 15.9 Å². The van der Waals surface area contributed by atoms with E-state index in [0.29, 0.717) is 18.4 Å². The minimum atomic E-state index is -3.72. The number of carbonyl (C=O) groups is 1. The molecular formula is C18H19N3O3S. The average Bonchev–Trinajstić information content (AvgIpc) is 2.59. The van der Waals surface area contributed by atoms with Gasteiger partial charge in [0.05, 0.1) is 22.6 Å². The van der Waals surface area contributed by atoms with E-state index in [4.69, 9.17) is 10.4 Å². The number of nitrogens with zero attached hydrogens (tertiary/aromatic N) is 1. The fraction of sp³-hybridized carbons (Fsp3) is 0.222. The average molecular weight is 357 g/mol. The quantitative estimate of drug-likeness (QED) is 0.823. The summed E-state index contributed by atoms with van der Waals surface area (Å²) in [5, 5.41) is 16.7. The van der Waals surface area contributed by atoms with Gasteiger partial charge in [0.1, 0.15) is 0 Å². The maximum absolute atomic E-state index is 12.1. The predicted octanol–water partition coefficient (Wildman–Crippen LogP) is 2.02. The lowest BCUT2D eigenvalue weighted by molar-refractivity contribution is -0.121. The minimum absolute atomic E-state index is 0.0376. The van der Waals surface area contributed by atoms with Gasteiger partial charge in [0.25, 0.3) is 0 Å². The summed E-state index contributed by atoms with van der Waals surface area (Å²) in [4.78, 5) is 12.1. The number of primary sulfonamides is 1. The van der Waals surface area contributed by atoms with Gasteiger partial charge in [-0.05, 0) is 48.7 Å². The molecule has 0 saturated carbocycles. The summed E-state index contributed by atoms with van der Waals surface area (Å²) in [6.07, 6.45) is 0.903. The molecule has 1 unspecified atom stereocenters. The maximum atomic E-state index is 12.1. The molecule has 0 spiro atoms. The van der Waals surface area contributed by atoms with Crippen molar-refractivity contribution in [1.82, 2.24) is 5.32 Å². The van der Waals surface area contributed by atoms with Gasteiger partial charge < -0.3 is 5.32 Å². The molecule has 0 aliphatic heterocycles. The van der Waals surface area contributed by atoms with Crippen LogP contribution in [0.15, 0.2) is 53.4 Å². The van der Waals surface area contributed by atoms with Crippen molar-refractivity contribution in [2.45, 2.75) is 30.7 Å². The van der Waals surface area contributed by atoms with Gasteiger partial charge in [0, 0.05) is 6.42 Å². The zero-order chi connectivity index (χ0) is 18.4. The zero-order valence-electron chi connectivity index (χ0n) is 13.8. The molecule has 130 valence electrons. The van der Waals surface area contributed by atoms with Gasteiger partial charge >= 0.3 is 0 Å². The van der Waals surface area contributed by atoms with Gasteiger partial charge in [-0.25, -0.2) is 13.6 Å². The van der Waals surface area contributed by atoms with E-state index in [1.165, 1.54) is 12.1 Å². The van der Waals surface area contributed by atoms with Crippen LogP contribution in [0.2, 0.25) is 0 Å². The molecule has 0 saturated heterocycles. The van der Waals surface area contributed by atoms with E-state index in [9.17, 15) is 13.2 Å². The second kappa shape index (κ2) is 7.92. The maximum Gasteiger partial charge on any atom is 0.238 e. The molecule has 1 amide bonds. The lowest BCUT2D eigenvalue weighted by Gasteiger charge is -2.14. The fourth-order valence-electron chi connectivity index (χ4n) is 2.35. The molecule has 0 aromatic heterocycles. The molecule has 0 aliphatic rings. The highest BCUT2D eigenvalue weighted by molar-refractivity contribution is 7.89. The smallest absolute Gasteiger partial charge is 0.238 e. The van der Waals surface area contributed by atoms with Crippen molar-refractivity contribution in [3.63, 3.8) is 0 Å². The number of nitriles is 1. The van der Waals surface area contributed by atoms with Gasteiger partial charge in [-0.3, -0.25) is 4.79 Å². The third-order valence-electron chi connectivity index (χ3n) is 3.81. The van der Waals surface area contributed by atoms with E-state index in [1.54, 1.807) is 24.3 Å². The Kier molecular flexibility index (Phi) is 5.91. The summed E-state index contributed by atoms with van der Waals surface area (Å²) >= 11 is 0. The highest BCUT2D eigenvalue weighted by Crippen LogP contribution is 2.16. The van der Waals surface area contributed by atoms with Gasteiger partial charge in [-0.15, -0.1) is 0 Å². The molecule has 2 aromatic rings. The third-order valence-corrected chi connectivity index (χ3v) is 4.74. The van der Waals surface area contributed by atoms with Crippen LogP contribution in [-0.4, -0.2) is 14.3 Å². The van der Waals surface area contributed by atoms with E-state index in [2.05, 4.69) is 11.4 Å². The first-order valence-electron chi connectivity index (χ1n) is 7.71. The molecular weight excluding hydrogens is 338 g/mol. The summed E-state index contributed by atoms with van der Waals surface area (Å²) in [5.74, 6) is -0.104. The standard InChI is InChI=1S/C18H19N3O3S/c1-13(16-7-9-17(10-8-16)25(20,23)24)21-18(22)11-6-14-2-4-15(12-19)5-3-14/h2-5,7-10,13H,6,11H2,1H3,(H,21,22)(H2,20,23,24). The molecule has 25 heavy (non-hydrogen) atoms. The molecule has 7 heteroatoms. The van der Waals surface area contributed by atoms with Crippen molar-refractivity contribution in [2.75, 3.05) is 0 Å². The highest BCUT2D eigenvalue weighted by Gasteiger charge is 2.12. The van der Waals surface area contributed by atoms with Crippen molar-refractivity contribution < 1.29 is 13.2 Å². The van der Waals surface area contributed by atoms with Crippen LogP contribution in [0, 0.1) is 11.3 Å². The first-order valence-corrected chi connectivity index (χ1v) is 9.25. The predicted molar refractivity (Wildman–Crippen MR) is 93.9 cm³/mol. The molecule has 2 aromatic carbocycles. The van der Waals surface area contributed by atoms with E-state index in [1.807, 2.05) is 19.1 Å². The van der Waals surface area contributed by atoms with E-state index < -0.39 is 10.0 Å². The molecule has 0 bridgehead atoms. The Morgan fingerprint density at radius 1 is 1.16 bits per heavy atom. The summed E-state index contributed by atoms with van der Waals surface area (Å²) in [6.45, 7) is 1.82. The molecule has 1 atom stereocenters. The number of rotatable bonds is 6. The van der Waals surface area contributed by atoms with Crippen LogP contribution >= 0.6 is 0 Å². The number of hydrogen-bond donors (Lipinski definition) is 2. The Hall–Kier alpha value is -2.69. The molecule has 3 N–H and O–H groups in total. The lowest BCUT2D eigenvalue weighted by atomic mass is 10.1. The van der Waals surface area contributed by atoms with Crippen molar-refractivity contribution in [1.29, 1.82) is 5.26 Å². The Morgan fingerprint density at radius 3 is 2.28 bits per heavy atom. The minimum Gasteiger partial charge on any atom is -0.350 e. The number of aryl methyl sites for hydroxylation is 1. The highest BCUT2D eigenvalue weighted by atomic mass is 32.2. The van der Waals surface area contributed by atoms with Crippen LogP contribution in [0.3, 0.4) is 0 Å². The summed E-state index contributed by atoms with van der Waals surface area (Å²) in [5.41, 5.74) is 2.36. The largest absolute Gasteiger partial charge is 0.350 e. The number of amides is 1. The van der Waals surface area contributed by atoms with Crippen LogP contribution in [-0.2, 0) is 21.2 Å². The normalized spacial score (nSPS) is 12.2. The molecule has 0 fully saturated rings. The first kappa shape index (κ1) is 18.6. The van der Waals surface area contributed by atoms with E-state index in [0.717, 1.165) is 11.1 Å². The van der Waals surface area contributed by atoms with Gasteiger partial charge in [-0.1, -0.05) is 24.3 Å². The Bertz CT molecular complexity index is 883. The van der Waals surface area contributed by atoms with Crippen molar-refractivity contribution >= 4 is 15.9 Å². The monoisotopic (exact) mass is 357 g/mol. The van der Waals surface area contributed by atoms with Crippen molar-refractivity contribution in [2.24, 2.45) is 5.14 Å². The number of carbonyl (C=O) groups excluding carboxylic acids is 1. The molecule has 6 nitrogen and oxygen atoms in total. The third kappa shape index (κ3) is 5.41. The van der Waals surface area contributed by atoms with E-state index in [-0.39, 0.29) is 16.8 Å². The Balaban J connectivity index is 1.90. The second-order valence-electron chi connectivity index (χ2n) is 5.71. The van der Waals surface area contributed by atoms with Gasteiger partial charge in [-0.2, -0.15) is 5.26 Å². The van der Waals surface area contributed by atoms with Crippen LogP contribution in [0.1, 0.15) is 36.1 Å². The first-order chi connectivity index (χ1) is 11.8. The summed E-state index contributed by atoms with van der Waals surface area (Å²) in [6, 6.07) is 15.0. The number of benzene rings is 2. The molecule has 0 radical (unpaired) electrons. The van der Waals surface area contributed by atoms with Gasteiger partial charge in [0.15, 0.2) is 0 Å². The summed E-state index contributed by atoms with van der Waals surface area (Å²) < 4.78 is 22.5.